The zero-order chi connectivity index (χ0) is 16.4. The van der Waals surface area contributed by atoms with Gasteiger partial charge in [0.05, 0.1) is 6.20 Å². The number of aromatic amines is 1. The lowest BCUT2D eigenvalue weighted by molar-refractivity contribution is 0.231. The van der Waals surface area contributed by atoms with E-state index in [9.17, 15) is 0 Å². The van der Waals surface area contributed by atoms with Gasteiger partial charge in [-0.1, -0.05) is 42.4 Å². The Morgan fingerprint density at radius 2 is 2.17 bits per heavy atom. The molecule has 1 aromatic carbocycles. The van der Waals surface area contributed by atoms with Gasteiger partial charge >= 0.3 is 0 Å². The van der Waals surface area contributed by atoms with Gasteiger partial charge < -0.3 is 4.52 Å². The van der Waals surface area contributed by atoms with E-state index >= 15 is 0 Å². The van der Waals surface area contributed by atoms with E-state index in [1.165, 1.54) is 11.3 Å². The summed E-state index contributed by atoms with van der Waals surface area (Å²) in [5.41, 5.74) is 3.56. The van der Waals surface area contributed by atoms with Crippen molar-refractivity contribution in [2.24, 2.45) is 5.92 Å². The summed E-state index contributed by atoms with van der Waals surface area (Å²) >= 11 is 0. The molecular formula is C18H21N5O. The minimum absolute atomic E-state index is 0.606. The summed E-state index contributed by atoms with van der Waals surface area (Å²) in [4.78, 5) is 6.96. The number of hydrogen-bond acceptors (Lipinski definition) is 5. The van der Waals surface area contributed by atoms with Crippen molar-refractivity contribution in [1.29, 1.82) is 0 Å². The monoisotopic (exact) mass is 323 g/mol. The second-order valence-corrected chi connectivity index (χ2v) is 6.55. The number of aromatic nitrogens is 4. The van der Waals surface area contributed by atoms with Crippen molar-refractivity contribution >= 4 is 0 Å². The van der Waals surface area contributed by atoms with E-state index in [4.69, 9.17) is 4.52 Å². The SMILES string of the molecule is CC1Cc2[nH]ncc2CN(CCc2nc(-c3ccccc3)no2)C1. The van der Waals surface area contributed by atoms with Crippen LogP contribution in [0.2, 0.25) is 0 Å². The van der Waals surface area contributed by atoms with Crippen LogP contribution in [0.15, 0.2) is 41.1 Å². The predicted molar refractivity (Wildman–Crippen MR) is 90.2 cm³/mol. The summed E-state index contributed by atoms with van der Waals surface area (Å²) in [6.45, 7) is 5.19. The van der Waals surface area contributed by atoms with Gasteiger partial charge in [-0.05, 0) is 12.3 Å². The minimum Gasteiger partial charge on any atom is -0.339 e. The van der Waals surface area contributed by atoms with Crippen molar-refractivity contribution in [2.75, 3.05) is 13.1 Å². The van der Waals surface area contributed by atoms with Gasteiger partial charge in [0.2, 0.25) is 11.7 Å². The Morgan fingerprint density at radius 3 is 3.04 bits per heavy atom. The molecule has 1 atom stereocenters. The van der Waals surface area contributed by atoms with Gasteiger partial charge in [-0.2, -0.15) is 10.1 Å². The molecule has 1 unspecified atom stereocenters. The molecule has 0 saturated heterocycles. The van der Waals surface area contributed by atoms with E-state index in [1.807, 2.05) is 36.5 Å². The lowest BCUT2D eigenvalue weighted by Crippen LogP contribution is -2.29. The van der Waals surface area contributed by atoms with E-state index in [2.05, 4.69) is 32.2 Å². The summed E-state index contributed by atoms with van der Waals surface area (Å²) < 4.78 is 5.42. The fraction of sp³-hybridized carbons (Fsp3) is 0.389. The molecule has 124 valence electrons. The van der Waals surface area contributed by atoms with Crippen LogP contribution in [0.3, 0.4) is 0 Å². The Morgan fingerprint density at radius 1 is 1.29 bits per heavy atom. The molecule has 2 aromatic heterocycles. The summed E-state index contributed by atoms with van der Waals surface area (Å²) in [6.07, 6.45) is 3.77. The lowest BCUT2D eigenvalue weighted by Gasteiger charge is -2.21. The van der Waals surface area contributed by atoms with E-state index in [0.29, 0.717) is 17.6 Å². The molecule has 6 nitrogen and oxygen atoms in total. The topological polar surface area (TPSA) is 70.8 Å². The summed E-state index contributed by atoms with van der Waals surface area (Å²) in [7, 11) is 0. The molecule has 4 rings (SSSR count). The Labute approximate surface area is 140 Å². The molecule has 1 aliphatic rings. The highest BCUT2D eigenvalue weighted by molar-refractivity contribution is 5.53. The van der Waals surface area contributed by atoms with Crippen molar-refractivity contribution in [3.8, 4) is 11.4 Å². The van der Waals surface area contributed by atoms with E-state index in [-0.39, 0.29) is 0 Å². The third-order valence-electron chi connectivity index (χ3n) is 4.47. The number of nitrogens with zero attached hydrogens (tertiary/aromatic N) is 4. The summed E-state index contributed by atoms with van der Waals surface area (Å²) in [5, 5.41) is 11.4. The average Bonchev–Trinajstić information content (AvgIpc) is 3.20. The highest BCUT2D eigenvalue weighted by Crippen LogP contribution is 2.20. The van der Waals surface area contributed by atoms with Crippen LogP contribution in [0.25, 0.3) is 11.4 Å². The number of fused-ring (bicyclic) bond motifs is 1. The molecule has 0 spiro atoms. The van der Waals surface area contributed by atoms with Crippen molar-refractivity contribution in [3.63, 3.8) is 0 Å². The predicted octanol–water partition coefficient (Wildman–Crippen LogP) is 2.70. The molecule has 6 heteroatoms. The third-order valence-corrected chi connectivity index (χ3v) is 4.47. The van der Waals surface area contributed by atoms with E-state index in [0.717, 1.165) is 38.0 Å². The zero-order valence-electron chi connectivity index (χ0n) is 13.8. The van der Waals surface area contributed by atoms with Crippen molar-refractivity contribution in [3.05, 3.63) is 53.7 Å². The largest absolute Gasteiger partial charge is 0.339 e. The van der Waals surface area contributed by atoms with Gasteiger partial charge in [-0.25, -0.2) is 0 Å². The fourth-order valence-electron chi connectivity index (χ4n) is 3.30. The van der Waals surface area contributed by atoms with Gasteiger partial charge in [0.1, 0.15) is 0 Å². The van der Waals surface area contributed by atoms with Crippen LogP contribution in [0, 0.1) is 5.92 Å². The van der Waals surface area contributed by atoms with Crippen LogP contribution >= 0.6 is 0 Å². The number of H-pyrrole nitrogens is 1. The van der Waals surface area contributed by atoms with E-state index in [1.54, 1.807) is 0 Å². The average molecular weight is 323 g/mol. The molecule has 3 aromatic rings. The molecule has 0 amide bonds. The van der Waals surface area contributed by atoms with Crippen molar-refractivity contribution in [1.82, 2.24) is 25.2 Å². The quantitative estimate of drug-likeness (QED) is 0.799. The molecule has 0 saturated carbocycles. The minimum atomic E-state index is 0.606. The van der Waals surface area contributed by atoms with Gasteiger partial charge in [-0.3, -0.25) is 10.00 Å². The third kappa shape index (κ3) is 3.23. The number of benzene rings is 1. The Kier molecular flexibility index (Phi) is 4.13. The highest BCUT2D eigenvalue weighted by atomic mass is 16.5. The van der Waals surface area contributed by atoms with Gasteiger partial charge in [0.15, 0.2) is 0 Å². The first-order chi connectivity index (χ1) is 11.8. The molecule has 1 N–H and O–H groups in total. The molecule has 0 aliphatic carbocycles. The van der Waals surface area contributed by atoms with Crippen molar-refractivity contribution in [2.45, 2.75) is 26.3 Å². The second kappa shape index (κ2) is 6.57. The Bertz CT molecular complexity index is 795. The molecule has 24 heavy (non-hydrogen) atoms. The standard InChI is InChI=1S/C18H21N5O/c1-13-9-16-15(10-19-21-16)12-23(11-13)8-7-17-20-18(22-24-17)14-5-3-2-4-6-14/h2-6,10,13H,7-9,11-12H2,1H3,(H,19,21). The normalized spacial score (nSPS) is 18.3. The van der Waals surface area contributed by atoms with E-state index < -0.39 is 0 Å². The van der Waals surface area contributed by atoms with Crippen LogP contribution in [0.5, 0.6) is 0 Å². The number of rotatable bonds is 4. The van der Waals surface area contributed by atoms with Crippen LogP contribution in [0.1, 0.15) is 24.1 Å². The number of nitrogens with one attached hydrogen (secondary N) is 1. The van der Waals surface area contributed by atoms with Gasteiger partial charge in [-0.15, -0.1) is 0 Å². The van der Waals surface area contributed by atoms with Crippen LogP contribution in [-0.4, -0.2) is 38.3 Å². The fourth-order valence-corrected chi connectivity index (χ4v) is 3.30. The first kappa shape index (κ1) is 15.1. The number of hydrogen-bond donors (Lipinski definition) is 1. The van der Waals surface area contributed by atoms with Crippen molar-refractivity contribution < 1.29 is 4.52 Å². The first-order valence-electron chi connectivity index (χ1n) is 8.39. The molecule has 1 aliphatic heterocycles. The lowest BCUT2D eigenvalue weighted by atomic mass is 10.1. The summed E-state index contributed by atoms with van der Waals surface area (Å²) in [5.74, 6) is 1.96. The molecule has 3 heterocycles. The molecule has 0 bridgehead atoms. The summed E-state index contributed by atoms with van der Waals surface area (Å²) in [6, 6.07) is 9.92. The van der Waals surface area contributed by atoms with Gasteiger partial charge in [0.25, 0.3) is 0 Å². The maximum Gasteiger partial charge on any atom is 0.228 e. The van der Waals surface area contributed by atoms with Crippen LogP contribution < -0.4 is 0 Å². The first-order valence-corrected chi connectivity index (χ1v) is 8.39. The Hall–Kier alpha value is -2.47. The maximum absolute atomic E-state index is 5.42. The highest BCUT2D eigenvalue weighted by Gasteiger charge is 2.21. The Balaban J connectivity index is 1.41. The van der Waals surface area contributed by atoms with Crippen LogP contribution in [-0.2, 0) is 19.4 Å². The molecule has 0 radical (unpaired) electrons. The molecule has 0 fully saturated rings. The maximum atomic E-state index is 5.42. The van der Waals surface area contributed by atoms with Gasteiger partial charge in [0, 0.05) is 42.9 Å². The smallest absolute Gasteiger partial charge is 0.228 e. The molecular weight excluding hydrogens is 302 g/mol. The zero-order valence-corrected chi connectivity index (χ0v) is 13.8. The van der Waals surface area contributed by atoms with Crippen LogP contribution in [0.4, 0.5) is 0 Å². The second-order valence-electron chi connectivity index (χ2n) is 6.55.